The summed E-state index contributed by atoms with van der Waals surface area (Å²) >= 11 is 0. The van der Waals surface area contributed by atoms with Gasteiger partial charge in [-0.05, 0) is 18.6 Å². The van der Waals surface area contributed by atoms with Crippen molar-refractivity contribution in [2.45, 2.75) is 19.5 Å². The Bertz CT molecular complexity index is 702. The molecule has 24 heavy (non-hydrogen) atoms. The summed E-state index contributed by atoms with van der Waals surface area (Å²) in [6, 6.07) is 11.5. The summed E-state index contributed by atoms with van der Waals surface area (Å²) in [6.45, 7) is 2.93. The summed E-state index contributed by atoms with van der Waals surface area (Å²) in [4.78, 5) is 2.30. The van der Waals surface area contributed by atoms with E-state index in [4.69, 9.17) is 14.2 Å². The lowest BCUT2D eigenvalue weighted by Crippen LogP contribution is -2.27. The van der Waals surface area contributed by atoms with Crippen LogP contribution < -0.4 is 14.2 Å². The molecule has 128 valence electrons. The van der Waals surface area contributed by atoms with Crippen LogP contribution in [0, 0.1) is 0 Å². The van der Waals surface area contributed by atoms with E-state index in [2.05, 4.69) is 11.0 Å². The minimum Gasteiger partial charge on any atom is -0.504 e. The van der Waals surface area contributed by atoms with Crippen LogP contribution in [0.25, 0.3) is 0 Å². The van der Waals surface area contributed by atoms with Crippen molar-refractivity contribution in [2.24, 2.45) is 0 Å². The molecule has 1 heterocycles. The topological polar surface area (TPSA) is 51.2 Å². The van der Waals surface area contributed by atoms with Gasteiger partial charge in [0.25, 0.3) is 0 Å². The van der Waals surface area contributed by atoms with Gasteiger partial charge in [0, 0.05) is 30.8 Å². The van der Waals surface area contributed by atoms with Gasteiger partial charge in [-0.25, -0.2) is 0 Å². The second-order valence-electron chi connectivity index (χ2n) is 5.83. The Labute approximate surface area is 142 Å². The SMILES string of the molecule is COc1cccc(CN2CCCOc3c(cccc3OC)C2)c1O. The van der Waals surface area contributed by atoms with E-state index in [-0.39, 0.29) is 5.75 Å². The lowest BCUT2D eigenvalue weighted by Gasteiger charge is -2.27. The number of rotatable bonds is 4. The van der Waals surface area contributed by atoms with E-state index in [9.17, 15) is 5.11 Å². The largest absolute Gasteiger partial charge is 0.504 e. The molecule has 5 nitrogen and oxygen atoms in total. The number of nitrogens with zero attached hydrogens (tertiary/aromatic N) is 1. The standard InChI is InChI=1S/C19H23NO4/c1-22-16-8-3-6-14(18(16)21)12-20-10-5-11-24-19-15(13-20)7-4-9-17(19)23-2/h3-4,6-9,21H,5,10-13H2,1-2H3. The Morgan fingerprint density at radius 3 is 2.62 bits per heavy atom. The Morgan fingerprint density at radius 1 is 1.08 bits per heavy atom. The van der Waals surface area contributed by atoms with Gasteiger partial charge in [-0.2, -0.15) is 0 Å². The second-order valence-corrected chi connectivity index (χ2v) is 5.83. The molecule has 1 aliphatic rings. The van der Waals surface area contributed by atoms with E-state index in [1.54, 1.807) is 20.3 Å². The van der Waals surface area contributed by atoms with Gasteiger partial charge in [0.1, 0.15) is 0 Å². The molecule has 0 aromatic heterocycles. The van der Waals surface area contributed by atoms with E-state index < -0.39 is 0 Å². The highest BCUT2D eigenvalue weighted by Crippen LogP contribution is 2.35. The maximum Gasteiger partial charge on any atom is 0.165 e. The fourth-order valence-electron chi connectivity index (χ4n) is 3.03. The lowest BCUT2D eigenvalue weighted by molar-refractivity contribution is 0.193. The molecule has 0 spiro atoms. The van der Waals surface area contributed by atoms with E-state index in [1.807, 2.05) is 24.3 Å². The number of ether oxygens (including phenoxy) is 3. The number of hydrogen-bond donors (Lipinski definition) is 1. The van der Waals surface area contributed by atoms with E-state index in [0.29, 0.717) is 18.9 Å². The number of methoxy groups -OCH3 is 2. The molecule has 0 unspecified atom stereocenters. The summed E-state index contributed by atoms with van der Waals surface area (Å²) in [5.74, 6) is 2.30. The average Bonchev–Trinajstić information content (AvgIpc) is 2.58. The minimum atomic E-state index is 0.212. The predicted molar refractivity (Wildman–Crippen MR) is 91.9 cm³/mol. The van der Waals surface area contributed by atoms with Gasteiger partial charge in [0.05, 0.1) is 20.8 Å². The zero-order valence-corrected chi connectivity index (χ0v) is 14.1. The highest BCUT2D eigenvalue weighted by molar-refractivity contribution is 5.47. The molecule has 0 fully saturated rings. The molecular formula is C19H23NO4. The van der Waals surface area contributed by atoms with Gasteiger partial charge in [-0.15, -0.1) is 0 Å². The van der Waals surface area contributed by atoms with Crippen LogP contribution >= 0.6 is 0 Å². The molecule has 1 aliphatic heterocycles. The third-order valence-electron chi connectivity index (χ3n) is 4.24. The zero-order valence-electron chi connectivity index (χ0n) is 14.1. The van der Waals surface area contributed by atoms with Crippen molar-refractivity contribution in [1.29, 1.82) is 0 Å². The molecule has 0 atom stereocenters. The van der Waals surface area contributed by atoms with Crippen molar-refractivity contribution in [3.8, 4) is 23.0 Å². The van der Waals surface area contributed by atoms with Crippen molar-refractivity contribution < 1.29 is 19.3 Å². The molecule has 0 radical (unpaired) electrons. The highest BCUT2D eigenvalue weighted by Gasteiger charge is 2.19. The number of phenols is 1. The van der Waals surface area contributed by atoms with Crippen molar-refractivity contribution in [3.05, 3.63) is 47.5 Å². The molecule has 2 aromatic rings. The van der Waals surface area contributed by atoms with E-state index in [0.717, 1.165) is 42.1 Å². The van der Waals surface area contributed by atoms with Crippen LogP contribution in [0.3, 0.4) is 0 Å². The number of phenolic OH excluding ortho intramolecular Hbond substituents is 1. The van der Waals surface area contributed by atoms with E-state index in [1.165, 1.54) is 0 Å². The van der Waals surface area contributed by atoms with Crippen LogP contribution in [0.2, 0.25) is 0 Å². The molecule has 0 saturated carbocycles. The first-order valence-corrected chi connectivity index (χ1v) is 8.08. The summed E-state index contributed by atoms with van der Waals surface area (Å²) in [6.07, 6.45) is 0.919. The zero-order chi connectivity index (χ0) is 16.9. The summed E-state index contributed by atoms with van der Waals surface area (Å²) < 4.78 is 16.5. The van der Waals surface area contributed by atoms with Crippen LogP contribution in [0.1, 0.15) is 17.5 Å². The Kier molecular flexibility index (Phi) is 5.11. The monoisotopic (exact) mass is 329 g/mol. The van der Waals surface area contributed by atoms with Crippen molar-refractivity contribution in [1.82, 2.24) is 4.90 Å². The van der Waals surface area contributed by atoms with Gasteiger partial charge in [-0.3, -0.25) is 4.90 Å². The first-order valence-electron chi connectivity index (χ1n) is 8.08. The number of fused-ring (bicyclic) bond motifs is 1. The number of para-hydroxylation sites is 2. The molecule has 0 saturated heterocycles. The first-order chi connectivity index (χ1) is 11.7. The molecular weight excluding hydrogens is 306 g/mol. The smallest absolute Gasteiger partial charge is 0.165 e. The van der Waals surface area contributed by atoms with Crippen LogP contribution in [0.4, 0.5) is 0 Å². The van der Waals surface area contributed by atoms with Crippen LogP contribution in [0.5, 0.6) is 23.0 Å². The van der Waals surface area contributed by atoms with Crippen LogP contribution in [0.15, 0.2) is 36.4 Å². The Morgan fingerprint density at radius 2 is 1.83 bits per heavy atom. The predicted octanol–water partition coefficient (Wildman–Crippen LogP) is 3.19. The van der Waals surface area contributed by atoms with Gasteiger partial charge < -0.3 is 19.3 Å². The van der Waals surface area contributed by atoms with Crippen LogP contribution in [-0.4, -0.2) is 37.4 Å². The van der Waals surface area contributed by atoms with Gasteiger partial charge in [0.15, 0.2) is 23.0 Å². The normalized spacial score (nSPS) is 14.9. The maximum absolute atomic E-state index is 10.3. The van der Waals surface area contributed by atoms with Crippen molar-refractivity contribution >= 4 is 0 Å². The second kappa shape index (κ2) is 7.45. The Balaban J connectivity index is 1.84. The van der Waals surface area contributed by atoms with Crippen molar-refractivity contribution in [2.75, 3.05) is 27.4 Å². The molecule has 3 rings (SSSR count). The fourth-order valence-corrected chi connectivity index (χ4v) is 3.03. The third kappa shape index (κ3) is 3.41. The summed E-state index contributed by atoms with van der Waals surface area (Å²) in [5.41, 5.74) is 1.96. The highest BCUT2D eigenvalue weighted by atomic mass is 16.5. The molecule has 0 amide bonds. The fraction of sp³-hybridized carbons (Fsp3) is 0.368. The summed E-state index contributed by atoms with van der Waals surface area (Å²) in [5, 5.41) is 10.3. The van der Waals surface area contributed by atoms with Gasteiger partial charge >= 0.3 is 0 Å². The minimum absolute atomic E-state index is 0.212. The molecule has 1 N–H and O–H groups in total. The number of benzene rings is 2. The lowest BCUT2D eigenvalue weighted by atomic mass is 10.1. The van der Waals surface area contributed by atoms with Crippen LogP contribution in [-0.2, 0) is 13.1 Å². The number of aromatic hydroxyl groups is 1. The van der Waals surface area contributed by atoms with Gasteiger partial charge in [-0.1, -0.05) is 24.3 Å². The summed E-state index contributed by atoms with van der Waals surface area (Å²) in [7, 11) is 3.22. The maximum atomic E-state index is 10.3. The van der Waals surface area contributed by atoms with E-state index >= 15 is 0 Å². The third-order valence-corrected chi connectivity index (χ3v) is 4.24. The number of hydrogen-bond acceptors (Lipinski definition) is 5. The molecule has 0 aliphatic carbocycles. The molecule has 5 heteroatoms. The molecule has 2 aromatic carbocycles. The quantitative estimate of drug-likeness (QED) is 0.933. The average molecular weight is 329 g/mol. The Hall–Kier alpha value is -2.40. The first kappa shape index (κ1) is 16.5. The van der Waals surface area contributed by atoms with Gasteiger partial charge in [0.2, 0.25) is 0 Å². The molecule has 0 bridgehead atoms. The van der Waals surface area contributed by atoms with Crippen molar-refractivity contribution in [3.63, 3.8) is 0 Å².